The van der Waals surface area contributed by atoms with Gasteiger partial charge in [0.25, 0.3) is 10.0 Å². The molecule has 0 unspecified atom stereocenters. The average molecular weight is 443 g/mol. The second-order valence-corrected chi connectivity index (χ2v) is 9.18. The maximum Gasteiger partial charge on any atom is 0.419 e. The van der Waals surface area contributed by atoms with Gasteiger partial charge in [-0.3, -0.25) is 4.68 Å². The van der Waals surface area contributed by atoms with Crippen LogP contribution in [-0.4, -0.2) is 34.2 Å². The summed E-state index contributed by atoms with van der Waals surface area (Å²) in [5, 5.41) is 3.91. The summed E-state index contributed by atoms with van der Waals surface area (Å²) >= 11 is 0. The number of oxazole rings is 1. The van der Waals surface area contributed by atoms with Gasteiger partial charge in [-0.25, -0.2) is 18.1 Å². The molecule has 3 heterocycles. The fourth-order valence-corrected chi connectivity index (χ4v) is 4.82. The Kier molecular flexibility index (Phi) is 4.81. The first-order valence-electron chi connectivity index (χ1n) is 9.21. The van der Waals surface area contributed by atoms with Crippen molar-refractivity contribution in [2.24, 2.45) is 0 Å². The number of nitrogens with zero attached hydrogens (tertiary/aromatic N) is 3. The van der Waals surface area contributed by atoms with Crippen molar-refractivity contribution in [3.8, 4) is 11.5 Å². The quantitative estimate of drug-likeness (QED) is 0.628. The standard InChI is InChI=1S/C18H20F3N5O3S/c1-9-7-22-17(29-9)14-6-16(23-10(14)2)30(27,28)25-12-4-13(5-12)26-8-15(11(3)24-26)18(19,20)21/h6-8,12-13,23,25H,4-5H2,1-3H3. The minimum atomic E-state index is -4.46. The summed E-state index contributed by atoms with van der Waals surface area (Å²) in [5.41, 5.74) is 0.266. The molecule has 1 aliphatic rings. The van der Waals surface area contributed by atoms with Gasteiger partial charge in [0.1, 0.15) is 10.8 Å². The first-order valence-corrected chi connectivity index (χ1v) is 10.7. The molecule has 162 valence electrons. The zero-order valence-corrected chi connectivity index (χ0v) is 17.2. The molecule has 1 aliphatic carbocycles. The number of H-pyrrole nitrogens is 1. The van der Waals surface area contributed by atoms with Gasteiger partial charge in [-0.1, -0.05) is 0 Å². The number of hydrogen-bond acceptors (Lipinski definition) is 5. The van der Waals surface area contributed by atoms with E-state index in [2.05, 4.69) is 19.8 Å². The molecule has 8 nitrogen and oxygen atoms in total. The Bertz CT molecular complexity index is 1190. The molecular formula is C18H20F3N5O3S. The number of halogens is 3. The summed E-state index contributed by atoms with van der Waals surface area (Å²) in [6.45, 7) is 4.76. The second kappa shape index (κ2) is 6.98. The molecule has 0 aliphatic heterocycles. The summed E-state index contributed by atoms with van der Waals surface area (Å²) in [4.78, 5) is 6.93. The van der Waals surface area contributed by atoms with E-state index < -0.39 is 27.8 Å². The Morgan fingerprint density at radius 3 is 2.53 bits per heavy atom. The van der Waals surface area contributed by atoms with Gasteiger partial charge in [-0.15, -0.1) is 0 Å². The van der Waals surface area contributed by atoms with Crippen LogP contribution in [0.5, 0.6) is 0 Å². The average Bonchev–Trinajstić information content (AvgIpc) is 3.28. The number of hydrogen-bond donors (Lipinski definition) is 2. The fourth-order valence-electron chi connectivity index (χ4n) is 3.50. The minimum Gasteiger partial charge on any atom is -0.441 e. The van der Waals surface area contributed by atoms with Crippen LogP contribution in [0.4, 0.5) is 13.2 Å². The third-order valence-electron chi connectivity index (χ3n) is 5.16. The van der Waals surface area contributed by atoms with Crippen LogP contribution in [0.15, 0.2) is 27.9 Å². The van der Waals surface area contributed by atoms with Gasteiger partial charge < -0.3 is 9.40 Å². The number of nitrogens with one attached hydrogen (secondary N) is 2. The molecular weight excluding hydrogens is 423 g/mol. The highest BCUT2D eigenvalue weighted by Crippen LogP contribution is 2.37. The molecule has 0 aromatic carbocycles. The van der Waals surface area contributed by atoms with Crippen molar-refractivity contribution in [1.82, 2.24) is 24.5 Å². The van der Waals surface area contributed by atoms with E-state index in [1.54, 1.807) is 20.0 Å². The smallest absolute Gasteiger partial charge is 0.419 e. The van der Waals surface area contributed by atoms with Gasteiger partial charge in [0.15, 0.2) is 0 Å². The minimum absolute atomic E-state index is 0.0244. The van der Waals surface area contributed by atoms with Crippen molar-refractivity contribution >= 4 is 10.0 Å². The van der Waals surface area contributed by atoms with Crippen LogP contribution in [-0.2, 0) is 16.2 Å². The lowest BCUT2D eigenvalue weighted by molar-refractivity contribution is -0.138. The third kappa shape index (κ3) is 3.76. The number of aromatic amines is 1. The first-order chi connectivity index (χ1) is 13.9. The van der Waals surface area contributed by atoms with Gasteiger partial charge in [0.05, 0.1) is 29.1 Å². The Hall–Kier alpha value is -2.60. The molecule has 0 amide bonds. The molecule has 12 heteroatoms. The van der Waals surface area contributed by atoms with Crippen LogP contribution in [0, 0.1) is 20.8 Å². The number of rotatable bonds is 5. The van der Waals surface area contributed by atoms with E-state index in [4.69, 9.17) is 4.42 Å². The molecule has 0 spiro atoms. The molecule has 0 radical (unpaired) electrons. The normalized spacial score (nSPS) is 19.8. The second-order valence-electron chi connectivity index (χ2n) is 7.50. The van der Waals surface area contributed by atoms with Crippen molar-refractivity contribution in [2.75, 3.05) is 0 Å². The van der Waals surface area contributed by atoms with Crippen LogP contribution >= 0.6 is 0 Å². The van der Waals surface area contributed by atoms with Gasteiger partial charge in [-0.05, 0) is 39.7 Å². The number of aryl methyl sites for hydroxylation is 3. The lowest BCUT2D eigenvalue weighted by Gasteiger charge is -2.35. The summed E-state index contributed by atoms with van der Waals surface area (Å²) < 4.78 is 73.5. The molecule has 1 saturated carbocycles. The molecule has 30 heavy (non-hydrogen) atoms. The highest BCUT2D eigenvalue weighted by Gasteiger charge is 2.39. The van der Waals surface area contributed by atoms with E-state index >= 15 is 0 Å². The van der Waals surface area contributed by atoms with Gasteiger partial charge in [0.2, 0.25) is 5.89 Å². The van der Waals surface area contributed by atoms with E-state index in [1.165, 1.54) is 17.7 Å². The Balaban J connectivity index is 1.44. The molecule has 3 aromatic heterocycles. The zero-order chi connectivity index (χ0) is 21.8. The van der Waals surface area contributed by atoms with Gasteiger partial charge in [0, 0.05) is 17.9 Å². The fraction of sp³-hybridized carbons (Fsp3) is 0.444. The van der Waals surface area contributed by atoms with Crippen LogP contribution in [0.3, 0.4) is 0 Å². The lowest BCUT2D eigenvalue weighted by Crippen LogP contribution is -2.45. The van der Waals surface area contributed by atoms with E-state index in [0.29, 0.717) is 35.7 Å². The van der Waals surface area contributed by atoms with Crippen molar-refractivity contribution in [1.29, 1.82) is 0 Å². The highest BCUT2D eigenvalue weighted by molar-refractivity contribution is 7.89. The van der Waals surface area contributed by atoms with Crippen LogP contribution < -0.4 is 4.72 Å². The van der Waals surface area contributed by atoms with Gasteiger partial charge >= 0.3 is 6.18 Å². The Labute approximate surface area is 170 Å². The maximum atomic E-state index is 12.9. The van der Waals surface area contributed by atoms with Crippen molar-refractivity contribution in [3.63, 3.8) is 0 Å². The predicted octanol–water partition coefficient (Wildman–Crippen LogP) is 3.49. The van der Waals surface area contributed by atoms with E-state index in [-0.39, 0.29) is 16.8 Å². The first kappa shape index (κ1) is 20.7. The third-order valence-corrected chi connectivity index (χ3v) is 6.61. The molecule has 0 saturated heterocycles. The number of alkyl halides is 3. The lowest BCUT2D eigenvalue weighted by atomic mass is 9.88. The molecule has 4 rings (SSSR count). The largest absolute Gasteiger partial charge is 0.441 e. The Morgan fingerprint density at radius 1 is 1.27 bits per heavy atom. The van der Waals surface area contributed by atoms with Gasteiger partial charge in [-0.2, -0.15) is 18.3 Å². The summed E-state index contributed by atoms with van der Waals surface area (Å²) in [5.74, 6) is 0.928. The number of aromatic nitrogens is 4. The number of sulfonamides is 1. The molecule has 0 bridgehead atoms. The predicted molar refractivity (Wildman–Crippen MR) is 100 cm³/mol. The van der Waals surface area contributed by atoms with Crippen molar-refractivity contribution in [2.45, 2.75) is 56.9 Å². The van der Waals surface area contributed by atoms with Crippen LogP contribution in [0.2, 0.25) is 0 Å². The summed E-state index contributed by atoms with van der Waals surface area (Å²) in [6, 6.07) is 0.768. The highest BCUT2D eigenvalue weighted by atomic mass is 32.2. The molecule has 3 aromatic rings. The summed E-state index contributed by atoms with van der Waals surface area (Å²) in [6.07, 6.45) is -1.24. The van der Waals surface area contributed by atoms with E-state index in [0.717, 1.165) is 6.20 Å². The van der Waals surface area contributed by atoms with E-state index in [9.17, 15) is 21.6 Å². The monoisotopic (exact) mass is 443 g/mol. The summed E-state index contributed by atoms with van der Waals surface area (Å²) in [7, 11) is -3.84. The Morgan fingerprint density at radius 2 is 1.97 bits per heavy atom. The van der Waals surface area contributed by atoms with Crippen LogP contribution in [0.25, 0.3) is 11.5 Å². The topological polar surface area (TPSA) is 106 Å². The zero-order valence-electron chi connectivity index (χ0n) is 16.4. The van der Waals surface area contributed by atoms with Crippen molar-refractivity contribution < 1.29 is 26.0 Å². The van der Waals surface area contributed by atoms with Crippen molar-refractivity contribution in [3.05, 3.63) is 41.2 Å². The molecule has 0 atom stereocenters. The van der Waals surface area contributed by atoms with Crippen LogP contribution in [0.1, 0.15) is 41.6 Å². The SMILES string of the molecule is Cc1cnc(-c2cc(S(=O)(=O)NC3CC(n4cc(C(F)(F)F)c(C)n4)C3)[nH]c2C)o1. The molecule has 2 N–H and O–H groups in total. The molecule has 1 fully saturated rings. The van der Waals surface area contributed by atoms with E-state index in [1.807, 2.05) is 0 Å². The maximum absolute atomic E-state index is 12.9.